The minimum atomic E-state index is -0.377. The predicted octanol–water partition coefficient (Wildman–Crippen LogP) is 14.0. The first-order valence-corrected chi connectivity index (χ1v) is 23.0. The smallest absolute Gasteiger partial charge is 0.168 e. The molecule has 6 nitrogen and oxygen atoms in total. The highest BCUT2D eigenvalue weighted by molar-refractivity contribution is 4.92. The van der Waals surface area contributed by atoms with Crippen LogP contribution in [0, 0.1) is 5.92 Å². The molecule has 1 saturated heterocycles. The summed E-state index contributed by atoms with van der Waals surface area (Å²) in [5.41, 5.74) is 0. The van der Waals surface area contributed by atoms with Crippen molar-refractivity contribution in [1.82, 2.24) is 9.91 Å². The summed E-state index contributed by atoms with van der Waals surface area (Å²) in [5, 5.41) is 11.1. The topological polar surface area (TPSA) is 49.7 Å². The lowest BCUT2D eigenvalue weighted by molar-refractivity contribution is -0.180. The fraction of sp³-hybridized carbons (Fsp3) is 0.872. The van der Waals surface area contributed by atoms with Gasteiger partial charge in [-0.1, -0.05) is 152 Å². The van der Waals surface area contributed by atoms with E-state index >= 15 is 0 Å². The van der Waals surface area contributed by atoms with E-state index in [-0.39, 0.29) is 17.9 Å². The zero-order valence-corrected chi connectivity index (χ0v) is 35.9. The summed E-state index contributed by atoms with van der Waals surface area (Å²) in [4.78, 5) is 2.19. The maximum absolute atomic E-state index is 6.81. The van der Waals surface area contributed by atoms with Gasteiger partial charge in [0.15, 0.2) is 5.79 Å². The highest BCUT2D eigenvalue weighted by Crippen LogP contribution is 2.36. The van der Waals surface area contributed by atoms with Gasteiger partial charge in [0.2, 0.25) is 0 Å². The lowest BCUT2D eigenvalue weighted by Gasteiger charge is -2.29. The summed E-state index contributed by atoms with van der Waals surface area (Å²) in [6.45, 7) is 10.5. The second kappa shape index (κ2) is 32.7. The lowest BCUT2D eigenvalue weighted by Crippen LogP contribution is -2.33. The lowest BCUT2D eigenvalue weighted by atomic mass is 9.98. The molecular formula is C47H88N4O2. The van der Waals surface area contributed by atoms with Crippen molar-refractivity contribution >= 4 is 0 Å². The highest BCUT2D eigenvalue weighted by Gasteiger charge is 2.40. The van der Waals surface area contributed by atoms with Gasteiger partial charge in [-0.25, -0.2) is 0 Å². The van der Waals surface area contributed by atoms with Gasteiger partial charge in [-0.2, -0.15) is 5.11 Å². The molecule has 0 aliphatic carbocycles. The number of rotatable bonds is 36. The van der Waals surface area contributed by atoms with Crippen LogP contribution < -0.4 is 0 Å². The van der Waals surface area contributed by atoms with Crippen molar-refractivity contribution in [2.75, 3.05) is 40.3 Å². The van der Waals surface area contributed by atoms with E-state index in [0.29, 0.717) is 0 Å². The molecule has 0 spiro atoms. The summed E-state index contributed by atoms with van der Waals surface area (Å²) >= 11 is 0. The average molecular weight is 741 g/mol. The Bertz CT molecular complexity index is 949. The summed E-state index contributed by atoms with van der Waals surface area (Å²) in [7, 11) is 4.21. The molecule has 0 aromatic heterocycles. The normalized spacial score (nSPS) is 21.2. The summed E-state index contributed by atoms with van der Waals surface area (Å²) < 4.78 is 13.4. The molecule has 6 heteroatoms. The SMILES string of the molecule is CCCCC/C=C\C/C=C\CCCCCCCCC1(CCCCCCCC/C=C\CCC(C)CCCCC)OCC(CCN2CC(CN(C)C)N=N2)O1. The Labute approximate surface area is 330 Å². The van der Waals surface area contributed by atoms with Crippen LogP contribution in [0.3, 0.4) is 0 Å². The first-order chi connectivity index (χ1) is 26.0. The molecule has 1 fully saturated rings. The van der Waals surface area contributed by atoms with Crippen molar-refractivity contribution in [3.63, 3.8) is 0 Å². The van der Waals surface area contributed by atoms with Crippen LogP contribution in [-0.4, -0.2) is 68.2 Å². The summed E-state index contributed by atoms with van der Waals surface area (Å²) in [5.74, 6) is 0.503. The maximum Gasteiger partial charge on any atom is 0.168 e. The van der Waals surface area contributed by atoms with Crippen LogP contribution in [0.5, 0.6) is 0 Å². The first-order valence-electron chi connectivity index (χ1n) is 23.0. The standard InChI is InChI=1S/C47H88N4O2/c1-6-8-10-11-12-13-14-15-16-17-18-20-23-26-29-33-38-47(52-43-46(53-47)37-40-51-42-45(48-49-51)41-50(4)5)39-34-30-27-24-21-19-22-25-28-32-36-44(3)35-31-9-7-2/h12-13,15-16,25,28,44-46H,6-11,14,17-24,26-27,29-43H2,1-5H3/b13-12-,16-15-,28-25-. The molecule has 0 N–H and O–H groups in total. The monoisotopic (exact) mass is 741 g/mol. The Hall–Kier alpha value is -1.50. The van der Waals surface area contributed by atoms with Crippen LogP contribution in [0.4, 0.5) is 0 Å². The summed E-state index contributed by atoms with van der Waals surface area (Å²) in [6, 6.07) is 0.281. The van der Waals surface area contributed by atoms with Crippen LogP contribution >= 0.6 is 0 Å². The van der Waals surface area contributed by atoms with E-state index in [1.807, 2.05) is 0 Å². The van der Waals surface area contributed by atoms with Crippen molar-refractivity contribution in [2.45, 2.75) is 218 Å². The van der Waals surface area contributed by atoms with E-state index in [0.717, 1.165) is 57.8 Å². The van der Waals surface area contributed by atoms with Crippen molar-refractivity contribution in [2.24, 2.45) is 16.3 Å². The van der Waals surface area contributed by atoms with Gasteiger partial charge in [-0.05, 0) is 97.1 Å². The molecule has 0 amide bonds. The molecule has 0 aromatic rings. The minimum Gasteiger partial charge on any atom is -0.347 e. The fourth-order valence-electron chi connectivity index (χ4n) is 7.80. The van der Waals surface area contributed by atoms with Crippen LogP contribution in [-0.2, 0) is 9.47 Å². The minimum absolute atomic E-state index is 0.167. The third-order valence-electron chi connectivity index (χ3n) is 11.2. The Morgan fingerprint density at radius 3 is 1.85 bits per heavy atom. The van der Waals surface area contributed by atoms with E-state index in [9.17, 15) is 0 Å². The molecule has 53 heavy (non-hydrogen) atoms. The molecular weight excluding hydrogens is 653 g/mol. The quantitative estimate of drug-likeness (QED) is 0.0474. The molecule has 308 valence electrons. The zero-order valence-electron chi connectivity index (χ0n) is 35.9. The van der Waals surface area contributed by atoms with Crippen LogP contribution in [0.25, 0.3) is 0 Å². The van der Waals surface area contributed by atoms with E-state index < -0.39 is 0 Å². The second-order valence-corrected chi connectivity index (χ2v) is 16.9. The molecule has 2 rings (SSSR count). The molecule has 0 aromatic carbocycles. The highest BCUT2D eigenvalue weighted by atomic mass is 16.7. The number of unbranched alkanes of at least 4 members (excludes halogenated alkanes) is 17. The van der Waals surface area contributed by atoms with Gasteiger partial charge in [0.1, 0.15) is 6.04 Å². The molecule has 4 atom stereocenters. The number of ether oxygens (including phenoxy) is 2. The third-order valence-corrected chi connectivity index (χ3v) is 11.2. The number of allylic oxidation sites excluding steroid dienone is 6. The molecule has 2 aliphatic heterocycles. The van der Waals surface area contributed by atoms with Crippen LogP contribution in [0.2, 0.25) is 0 Å². The maximum atomic E-state index is 6.81. The number of likely N-dealkylation sites (N-methyl/N-ethyl adjacent to an activating group) is 1. The van der Waals surface area contributed by atoms with Crippen molar-refractivity contribution in [1.29, 1.82) is 0 Å². The summed E-state index contributed by atoms with van der Waals surface area (Å²) in [6.07, 6.45) is 50.1. The van der Waals surface area contributed by atoms with Crippen molar-refractivity contribution in [3.8, 4) is 0 Å². The number of hydrogen-bond donors (Lipinski definition) is 0. The van der Waals surface area contributed by atoms with Crippen LogP contribution in [0.1, 0.15) is 201 Å². The largest absolute Gasteiger partial charge is 0.347 e. The van der Waals surface area contributed by atoms with Crippen LogP contribution in [0.15, 0.2) is 46.8 Å². The Morgan fingerprint density at radius 1 is 0.679 bits per heavy atom. The first kappa shape index (κ1) is 47.7. The second-order valence-electron chi connectivity index (χ2n) is 16.9. The van der Waals surface area contributed by atoms with E-state index in [4.69, 9.17) is 9.47 Å². The molecule has 4 unspecified atom stereocenters. The van der Waals surface area contributed by atoms with Gasteiger partial charge in [-0.3, -0.25) is 5.01 Å². The van der Waals surface area contributed by atoms with Crippen molar-refractivity contribution in [3.05, 3.63) is 36.5 Å². The Morgan fingerprint density at radius 2 is 1.23 bits per heavy atom. The predicted molar refractivity (Wildman–Crippen MR) is 230 cm³/mol. The van der Waals surface area contributed by atoms with Gasteiger partial charge in [0.25, 0.3) is 0 Å². The van der Waals surface area contributed by atoms with Gasteiger partial charge in [0, 0.05) is 25.9 Å². The van der Waals surface area contributed by atoms with Gasteiger partial charge in [-0.15, -0.1) is 0 Å². The third kappa shape index (κ3) is 26.1. The molecule has 2 heterocycles. The van der Waals surface area contributed by atoms with E-state index in [2.05, 4.69) is 91.6 Å². The average Bonchev–Trinajstić information content (AvgIpc) is 3.77. The van der Waals surface area contributed by atoms with E-state index in [1.165, 1.54) is 154 Å². The fourth-order valence-corrected chi connectivity index (χ4v) is 7.80. The van der Waals surface area contributed by atoms with Crippen molar-refractivity contribution < 1.29 is 9.47 Å². The molecule has 0 saturated carbocycles. The molecule has 0 bridgehead atoms. The zero-order chi connectivity index (χ0) is 38.1. The van der Waals surface area contributed by atoms with Gasteiger partial charge >= 0.3 is 0 Å². The Kier molecular flexibility index (Phi) is 29.4. The molecule has 2 aliphatic rings. The molecule has 0 radical (unpaired) electrons. The van der Waals surface area contributed by atoms with Gasteiger partial charge in [0.05, 0.1) is 19.3 Å². The Balaban J connectivity index is 1.61. The van der Waals surface area contributed by atoms with E-state index in [1.54, 1.807) is 0 Å². The van der Waals surface area contributed by atoms with Gasteiger partial charge < -0.3 is 14.4 Å². The number of nitrogens with zero attached hydrogens (tertiary/aromatic N) is 4. The number of hydrogen-bond acceptors (Lipinski definition) is 6.